The summed E-state index contributed by atoms with van der Waals surface area (Å²) in [5.41, 5.74) is 0. The van der Waals surface area contributed by atoms with E-state index in [1.54, 1.807) is 0 Å². The van der Waals surface area contributed by atoms with Crippen LogP contribution in [0.15, 0.2) is 12.4 Å². The lowest BCUT2D eigenvalue weighted by Gasteiger charge is -2.16. The van der Waals surface area contributed by atoms with Gasteiger partial charge in [-0.25, -0.2) is 4.98 Å². The molecule has 0 aliphatic heterocycles. The van der Waals surface area contributed by atoms with Crippen molar-refractivity contribution in [3.05, 3.63) is 18.2 Å². The molecule has 0 saturated carbocycles. The van der Waals surface area contributed by atoms with E-state index in [0.717, 1.165) is 6.42 Å². The SMILES string of the molecule is CNC(C)CC(C)c1nccn1C. The minimum atomic E-state index is 0.516. The highest BCUT2D eigenvalue weighted by atomic mass is 15.0. The Morgan fingerprint density at radius 2 is 2.23 bits per heavy atom. The zero-order chi connectivity index (χ0) is 9.84. The molecule has 0 amide bonds. The number of imidazole rings is 1. The van der Waals surface area contributed by atoms with Crippen molar-refractivity contribution in [1.29, 1.82) is 0 Å². The molecule has 1 N–H and O–H groups in total. The van der Waals surface area contributed by atoms with E-state index in [9.17, 15) is 0 Å². The molecule has 74 valence electrons. The lowest BCUT2D eigenvalue weighted by molar-refractivity contribution is 0.494. The van der Waals surface area contributed by atoms with Crippen LogP contribution in [0.4, 0.5) is 0 Å². The highest BCUT2D eigenvalue weighted by Gasteiger charge is 2.12. The van der Waals surface area contributed by atoms with Crippen LogP contribution >= 0.6 is 0 Å². The predicted molar refractivity (Wildman–Crippen MR) is 54.8 cm³/mol. The van der Waals surface area contributed by atoms with E-state index in [1.807, 2.05) is 26.5 Å². The van der Waals surface area contributed by atoms with Gasteiger partial charge in [-0.15, -0.1) is 0 Å². The fourth-order valence-electron chi connectivity index (χ4n) is 1.61. The van der Waals surface area contributed by atoms with Crippen molar-refractivity contribution in [2.75, 3.05) is 7.05 Å². The van der Waals surface area contributed by atoms with E-state index in [4.69, 9.17) is 0 Å². The third-order valence-electron chi connectivity index (χ3n) is 2.50. The Bertz CT molecular complexity index is 254. The van der Waals surface area contributed by atoms with Crippen LogP contribution in [0.3, 0.4) is 0 Å². The first-order chi connectivity index (χ1) is 6.15. The maximum atomic E-state index is 4.34. The minimum absolute atomic E-state index is 0.516. The summed E-state index contributed by atoms with van der Waals surface area (Å²) in [7, 11) is 4.04. The van der Waals surface area contributed by atoms with Crippen LogP contribution in [0, 0.1) is 0 Å². The van der Waals surface area contributed by atoms with Gasteiger partial charge in [0.1, 0.15) is 5.82 Å². The third-order valence-corrected chi connectivity index (χ3v) is 2.50. The van der Waals surface area contributed by atoms with Crippen molar-refractivity contribution < 1.29 is 0 Å². The molecular weight excluding hydrogens is 162 g/mol. The molecule has 1 aromatic rings. The number of nitrogens with zero attached hydrogens (tertiary/aromatic N) is 2. The maximum Gasteiger partial charge on any atom is 0.111 e. The molecule has 13 heavy (non-hydrogen) atoms. The average molecular weight is 181 g/mol. The van der Waals surface area contributed by atoms with Gasteiger partial charge in [0.25, 0.3) is 0 Å². The highest BCUT2D eigenvalue weighted by molar-refractivity contribution is 4.98. The van der Waals surface area contributed by atoms with Gasteiger partial charge in [-0.3, -0.25) is 0 Å². The van der Waals surface area contributed by atoms with Crippen LogP contribution in [-0.2, 0) is 7.05 Å². The molecule has 0 fully saturated rings. The summed E-state index contributed by atoms with van der Waals surface area (Å²) in [6.45, 7) is 4.41. The fraction of sp³-hybridized carbons (Fsp3) is 0.700. The molecule has 3 heteroatoms. The first-order valence-corrected chi connectivity index (χ1v) is 4.79. The van der Waals surface area contributed by atoms with E-state index in [2.05, 4.69) is 28.7 Å². The average Bonchev–Trinajstić information content (AvgIpc) is 2.51. The molecule has 0 radical (unpaired) electrons. The van der Waals surface area contributed by atoms with E-state index < -0.39 is 0 Å². The Balaban J connectivity index is 2.58. The van der Waals surface area contributed by atoms with Gasteiger partial charge in [-0.1, -0.05) is 6.92 Å². The summed E-state index contributed by atoms with van der Waals surface area (Å²) in [5, 5.41) is 3.24. The predicted octanol–water partition coefficient (Wildman–Crippen LogP) is 1.52. The van der Waals surface area contributed by atoms with Crippen LogP contribution in [0.2, 0.25) is 0 Å². The fourth-order valence-corrected chi connectivity index (χ4v) is 1.61. The summed E-state index contributed by atoms with van der Waals surface area (Å²) in [4.78, 5) is 4.34. The van der Waals surface area contributed by atoms with Gasteiger partial charge >= 0.3 is 0 Å². The second kappa shape index (κ2) is 4.42. The molecule has 0 spiro atoms. The van der Waals surface area contributed by atoms with Crippen LogP contribution in [0.1, 0.15) is 32.0 Å². The number of aryl methyl sites for hydroxylation is 1. The van der Waals surface area contributed by atoms with Crippen molar-refractivity contribution in [1.82, 2.24) is 14.9 Å². The Labute approximate surface area is 80.2 Å². The van der Waals surface area contributed by atoms with Crippen LogP contribution < -0.4 is 5.32 Å². The summed E-state index contributed by atoms with van der Waals surface area (Å²) in [6.07, 6.45) is 4.98. The molecular formula is C10H19N3. The standard InChI is InChI=1S/C10H19N3/c1-8(7-9(2)11-3)10-12-5-6-13(10)4/h5-6,8-9,11H,7H2,1-4H3. The van der Waals surface area contributed by atoms with Crippen LogP contribution in [0.25, 0.3) is 0 Å². The Kier molecular flexibility index (Phi) is 3.48. The van der Waals surface area contributed by atoms with E-state index in [0.29, 0.717) is 12.0 Å². The quantitative estimate of drug-likeness (QED) is 0.763. The molecule has 0 aliphatic carbocycles. The molecule has 1 heterocycles. The topological polar surface area (TPSA) is 29.9 Å². The summed E-state index contributed by atoms with van der Waals surface area (Å²) >= 11 is 0. The Morgan fingerprint density at radius 1 is 1.54 bits per heavy atom. The van der Waals surface area contributed by atoms with Gasteiger partial charge in [0.2, 0.25) is 0 Å². The Hall–Kier alpha value is -0.830. The molecule has 0 aliphatic rings. The molecule has 2 atom stereocenters. The van der Waals surface area contributed by atoms with Crippen LogP contribution in [0.5, 0.6) is 0 Å². The summed E-state index contributed by atoms with van der Waals surface area (Å²) < 4.78 is 2.09. The lowest BCUT2D eigenvalue weighted by atomic mass is 10.0. The first kappa shape index (κ1) is 10.3. The molecule has 1 aromatic heterocycles. The highest BCUT2D eigenvalue weighted by Crippen LogP contribution is 2.17. The molecule has 0 aromatic carbocycles. The van der Waals surface area contributed by atoms with Crippen molar-refractivity contribution in [3.8, 4) is 0 Å². The normalized spacial score (nSPS) is 15.7. The van der Waals surface area contributed by atoms with Gasteiger partial charge in [0.05, 0.1) is 0 Å². The van der Waals surface area contributed by atoms with Crippen molar-refractivity contribution in [3.63, 3.8) is 0 Å². The maximum absolute atomic E-state index is 4.34. The number of aromatic nitrogens is 2. The minimum Gasteiger partial charge on any atom is -0.338 e. The molecule has 1 rings (SSSR count). The number of nitrogens with one attached hydrogen (secondary N) is 1. The van der Waals surface area contributed by atoms with E-state index in [1.165, 1.54) is 5.82 Å². The second-order valence-corrected chi connectivity index (χ2v) is 3.72. The largest absolute Gasteiger partial charge is 0.338 e. The Morgan fingerprint density at radius 3 is 2.69 bits per heavy atom. The van der Waals surface area contributed by atoms with Crippen molar-refractivity contribution in [2.45, 2.75) is 32.2 Å². The van der Waals surface area contributed by atoms with Gasteiger partial charge in [0.15, 0.2) is 0 Å². The number of rotatable bonds is 4. The molecule has 3 nitrogen and oxygen atoms in total. The third kappa shape index (κ3) is 2.56. The van der Waals surface area contributed by atoms with Gasteiger partial charge in [-0.05, 0) is 20.4 Å². The monoisotopic (exact) mass is 181 g/mol. The van der Waals surface area contributed by atoms with Crippen LogP contribution in [-0.4, -0.2) is 22.6 Å². The van der Waals surface area contributed by atoms with Crippen molar-refractivity contribution >= 4 is 0 Å². The smallest absolute Gasteiger partial charge is 0.111 e. The van der Waals surface area contributed by atoms with E-state index in [-0.39, 0.29) is 0 Å². The number of hydrogen-bond donors (Lipinski definition) is 1. The van der Waals surface area contributed by atoms with Gasteiger partial charge < -0.3 is 9.88 Å². The number of hydrogen-bond acceptors (Lipinski definition) is 2. The second-order valence-electron chi connectivity index (χ2n) is 3.72. The molecule has 2 unspecified atom stereocenters. The first-order valence-electron chi connectivity index (χ1n) is 4.79. The lowest BCUT2D eigenvalue weighted by Crippen LogP contribution is -2.23. The molecule has 0 saturated heterocycles. The molecule has 0 bridgehead atoms. The van der Waals surface area contributed by atoms with Gasteiger partial charge in [-0.2, -0.15) is 0 Å². The summed E-state index contributed by atoms with van der Waals surface area (Å²) in [6, 6.07) is 0.548. The van der Waals surface area contributed by atoms with Crippen molar-refractivity contribution in [2.24, 2.45) is 7.05 Å². The van der Waals surface area contributed by atoms with Gasteiger partial charge in [0, 0.05) is 31.4 Å². The van der Waals surface area contributed by atoms with E-state index >= 15 is 0 Å². The summed E-state index contributed by atoms with van der Waals surface area (Å²) in [5.74, 6) is 1.68. The zero-order valence-corrected chi connectivity index (χ0v) is 8.91. The zero-order valence-electron chi connectivity index (χ0n) is 8.91.